The number of aromatic amines is 2. The minimum absolute atomic E-state index is 0.0162. The number of H-pyrrole nitrogens is 2. The van der Waals surface area contributed by atoms with E-state index in [1.54, 1.807) is 0 Å². The molecule has 0 spiro atoms. The smallest absolute Gasteiger partial charge is 0.307 e. The lowest BCUT2D eigenvalue weighted by molar-refractivity contribution is 0.463. The Labute approximate surface area is 162 Å². The molecule has 0 aliphatic heterocycles. The van der Waals surface area contributed by atoms with Crippen LogP contribution in [-0.4, -0.2) is 18.4 Å². The van der Waals surface area contributed by atoms with Gasteiger partial charge in [-0.2, -0.15) is 0 Å². The monoisotopic (exact) mass is 401 g/mol. The van der Waals surface area contributed by atoms with E-state index in [4.69, 9.17) is 0 Å². The molecule has 1 unspecified atom stereocenters. The van der Waals surface area contributed by atoms with Crippen molar-refractivity contribution >= 4 is 20.9 Å². The maximum Gasteiger partial charge on any atom is 0.326 e. The average Bonchev–Trinajstić information content (AvgIpc) is 2.65. The number of benzene rings is 2. The second kappa shape index (κ2) is 7.73. The quantitative estimate of drug-likeness (QED) is 0.589. The summed E-state index contributed by atoms with van der Waals surface area (Å²) in [7, 11) is -3.88. The maximum atomic E-state index is 13.0. The summed E-state index contributed by atoms with van der Waals surface area (Å²) in [5, 5.41) is 0.107. The Bertz CT molecular complexity index is 1210. The maximum absolute atomic E-state index is 13.0. The Morgan fingerprint density at radius 2 is 1.68 bits per heavy atom. The molecule has 7 nitrogen and oxygen atoms in total. The third-order valence-corrected chi connectivity index (χ3v) is 6.16. The van der Waals surface area contributed by atoms with Gasteiger partial charge in [-0.1, -0.05) is 45.0 Å². The van der Waals surface area contributed by atoms with Gasteiger partial charge in [0.1, 0.15) is 0 Å². The van der Waals surface area contributed by atoms with E-state index >= 15 is 0 Å². The minimum Gasteiger partial charge on any atom is -0.307 e. The van der Waals surface area contributed by atoms with Gasteiger partial charge in [-0.25, -0.2) is 17.9 Å². The fraction of sp³-hybridized carbons (Fsp3) is 0.300. The molecule has 0 aliphatic carbocycles. The first-order valence-electron chi connectivity index (χ1n) is 9.09. The molecule has 0 saturated carbocycles. The second-order valence-corrected chi connectivity index (χ2v) is 8.77. The molecule has 8 heteroatoms. The van der Waals surface area contributed by atoms with E-state index < -0.39 is 27.3 Å². The minimum atomic E-state index is -3.88. The molecule has 3 aromatic rings. The van der Waals surface area contributed by atoms with Crippen molar-refractivity contribution in [2.24, 2.45) is 5.92 Å². The summed E-state index contributed by atoms with van der Waals surface area (Å²) in [6, 6.07) is 11.5. The lowest BCUT2D eigenvalue weighted by Crippen LogP contribution is -2.32. The van der Waals surface area contributed by atoms with Crippen molar-refractivity contribution in [2.75, 3.05) is 0 Å². The molecule has 0 bridgehead atoms. The van der Waals surface area contributed by atoms with Crippen molar-refractivity contribution in [1.82, 2.24) is 14.7 Å². The van der Waals surface area contributed by atoms with Gasteiger partial charge in [-0.15, -0.1) is 0 Å². The molecular formula is C20H23N3O4S. The van der Waals surface area contributed by atoms with Crippen LogP contribution >= 0.6 is 0 Å². The van der Waals surface area contributed by atoms with E-state index in [1.165, 1.54) is 23.8 Å². The van der Waals surface area contributed by atoms with E-state index in [0.29, 0.717) is 0 Å². The number of hydrogen-bond donors (Lipinski definition) is 3. The lowest BCUT2D eigenvalue weighted by atomic mass is 9.96. The predicted molar refractivity (Wildman–Crippen MR) is 109 cm³/mol. The number of nitrogens with one attached hydrogen (secondary N) is 3. The van der Waals surface area contributed by atoms with Crippen LogP contribution in [0, 0.1) is 5.92 Å². The number of aryl methyl sites for hydroxylation is 1. The zero-order chi connectivity index (χ0) is 20.5. The second-order valence-electron chi connectivity index (χ2n) is 7.05. The normalized spacial score (nSPS) is 13.1. The number of aromatic nitrogens is 2. The average molecular weight is 401 g/mol. The Hall–Kier alpha value is -2.71. The summed E-state index contributed by atoms with van der Waals surface area (Å²) in [5.41, 5.74) is 1.06. The molecule has 28 heavy (non-hydrogen) atoms. The molecule has 148 valence electrons. The van der Waals surface area contributed by atoms with Crippen molar-refractivity contribution in [3.63, 3.8) is 0 Å². The highest BCUT2D eigenvalue weighted by molar-refractivity contribution is 7.89. The molecule has 1 atom stereocenters. The highest BCUT2D eigenvalue weighted by atomic mass is 32.2. The lowest BCUT2D eigenvalue weighted by Gasteiger charge is -2.23. The van der Waals surface area contributed by atoms with Crippen LogP contribution in [-0.2, 0) is 16.4 Å². The number of sulfonamides is 1. The van der Waals surface area contributed by atoms with Gasteiger partial charge in [-0.05, 0) is 41.7 Å². The van der Waals surface area contributed by atoms with Crippen LogP contribution in [0.1, 0.15) is 37.9 Å². The summed E-state index contributed by atoms with van der Waals surface area (Å²) in [6.45, 7) is 5.94. The van der Waals surface area contributed by atoms with Crippen LogP contribution in [0.15, 0.2) is 56.9 Å². The molecule has 0 saturated heterocycles. The predicted octanol–water partition coefficient (Wildman–Crippen LogP) is 2.45. The molecule has 0 aliphatic rings. The molecule has 0 fully saturated rings. The van der Waals surface area contributed by atoms with Gasteiger partial charge >= 0.3 is 5.69 Å². The SMILES string of the molecule is CCc1ccc(C(NS(=O)(=O)c2ccc3[nH]c(=O)[nH]c(=O)c3c2)C(C)C)cc1. The summed E-state index contributed by atoms with van der Waals surface area (Å²) < 4.78 is 28.7. The Kier molecular flexibility index (Phi) is 5.53. The van der Waals surface area contributed by atoms with Gasteiger partial charge in [0.2, 0.25) is 10.0 Å². The third kappa shape index (κ3) is 4.07. The molecule has 2 aromatic carbocycles. The molecule has 0 radical (unpaired) electrons. The van der Waals surface area contributed by atoms with E-state index in [1.807, 2.05) is 38.1 Å². The van der Waals surface area contributed by atoms with Crippen LogP contribution in [0.3, 0.4) is 0 Å². The fourth-order valence-corrected chi connectivity index (χ4v) is 4.50. The van der Waals surface area contributed by atoms with Gasteiger partial charge in [0, 0.05) is 6.04 Å². The molecule has 3 N–H and O–H groups in total. The van der Waals surface area contributed by atoms with Crippen LogP contribution in [0.5, 0.6) is 0 Å². The first kappa shape index (κ1) is 20.0. The fourth-order valence-electron chi connectivity index (χ4n) is 3.10. The van der Waals surface area contributed by atoms with Gasteiger partial charge < -0.3 is 4.98 Å². The number of rotatable bonds is 6. The standard InChI is InChI=1S/C20H23N3O4S/c1-4-13-5-7-14(8-6-13)18(12(2)3)23-28(26,27)15-9-10-17-16(11-15)19(24)22-20(25)21-17/h5-12,18,23H,4H2,1-3H3,(H2,21,22,24,25). The van der Waals surface area contributed by atoms with Crippen molar-refractivity contribution in [1.29, 1.82) is 0 Å². The van der Waals surface area contributed by atoms with Crippen molar-refractivity contribution in [3.8, 4) is 0 Å². The zero-order valence-corrected chi connectivity index (χ0v) is 16.8. The Balaban J connectivity index is 1.99. The van der Waals surface area contributed by atoms with Crippen LogP contribution < -0.4 is 16.0 Å². The topological polar surface area (TPSA) is 112 Å². The third-order valence-electron chi connectivity index (χ3n) is 4.72. The van der Waals surface area contributed by atoms with Crippen molar-refractivity contribution < 1.29 is 8.42 Å². The highest BCUT2D eigenvalue weighted by Crippen LogP contribution is 2.25. The summed E-state index contributed by atoms with van der Waals surface area (Å²) in [5.74, 6) is 0.0162. The first-order valence-corrected chi connectivity index (χ1v) is 10.6. The van der Waals surface area contributed by atoms with E-state index in [2.05, 4.69) is 21.6 Å². The molecule has 3 rings (SSSR count). The molecule has 1 heterocycles. The molecule has 1 aromatic heterocycles. The van der Waals surface area contributed by atoms with Crippen molar-refractivity contribution in [2.45, 2.75) is 38.1 Å². The van der Waals surface area contributed by atoms with Gasteiger partial charge in [0.25, 0.3) is 5.56 Å². The van der Waals surface area contributed by atoms with Gasteiger partial charge in [0.05, 0.1) is 15.8 Å². The van der Waals surface area contributed by atoms with Gasteiger partial charge in [-0.3, -0.25) is 9.78 Å². The van der Waals surface area contributed by atoms with Gasteiger partial charge in [0.15, 0.2) is 0 Å². The van der Waals surface area contributed by atoms with E-state index in [0.717, 1.165) is 12.0 Å². The summed E-state index contributed by atoms with van der Waals surface area (Å²) in [4.78, 5) is 27.9. The Morgan fingerprint density at radius 1 is 1.00 bits per heavy atom. The van der Waals surface area contributed by atoms with E-state index in [9.17, 15) is 18.0 Å². The largest absolute Gasteiger partial charge is 0.326 e. The number of hydrogen-bond acceptors (Lipinski definition) is 4. The molecular weight excluding hydrogens is 378 g/mol. The summed E-state index contributed by atoms with van der Waals surface area (Å²) >= 11 is 0. The van der Waals surface area contributed by atoms with Crippen LogP contribution in [0.25, 0.3) is 10.9 Å². The van der Waals surface area contributed by atoms with Crippen molar-refractivity contribution in [3.05, 3.63) is 74.4 Å². The number of fused-ring (bicyclic) bond motifs is 1. The highest BCUT2D eigenvalue weighted by Gasteiger charge is 2.24. The first-order chi connectivity index (χ1) is 13.2. The van der Waals surface area contributed by atoms with Crippen LogP contribution in [0.4, 0.5) is 0 Å². The Morgan fingerprint density at radius 3 is 2.29 bits per heavy atom. The van der Waals surface area contributed by atoms with E-state index in [-0.39, 0.29) is 21.7 Å². The summed E-state index contributed by atoms with van der Waals surface area (Å²) in [6.07, 6.45) is 0.909. The van der Waals surface area contributed by atoms with Crippen LogP contribution in [0.2, 0.25) is 0 Å². The molecule has 0 amide bonds. The zero-order valence-electron chi connectivity index (χ0n) is 15.9.